The van der Waals surface area contributed by atoms with Crippen LogP contribution in [-0.4, -0.2) is 42.1 Å². The van der Waals surface area contributed by atoms with Crippen molar-refractivity contribution in [3.05, 3.63) is 0 Å². The number of ether oxygens (including phenoxy) is 1. The minimum absolute atomic E-state index is 0. The second kappa shape index (κ2) is 10.5. The molecule has 0 aromatic heterocycles. The summed E-state index contributed by atoms with van der Waals surface area (Å²) < 4.78 is 4.75. The molecule has 0 saturated carbocycles. The molecule has 0 aromatic carbocycles. The Bertz CT molecular complexity index is 94.1. The molecule has 0 bridgehead atoms. The third-order valence-electron chi connectivity index (χ3n) is 1.29. The Balaban J connectivity index is 0. The van der Waals surface area contributed by atoms with E-state index in [0.717, 1.165) is 19.3 Å². The molecule has 0 unspecified atom stereocenters. The Hall–Kier alpha value is 0.470. The molecule has 0 aliphatic rings. The predicted molar refractivity (Wildman–Crippen MR) is 46.5 cm³/mol. The molecule has 0 heterocycles. The Morgan fingerprint density at radius 2 is 1.91 bits per heavy atom. The first-order chi connectivity index (χ1) is 4.81. The first-order valence-electron chi connectivity index (χ1n) is 3.96. The molecular weight excluding hydrogens is 151 g/mol. The zero-order chi connectivity index (χ0) is 7.82. The molecule has 0 saturated heterocycles. The summed E-state index contributed by atoms with van der Waals surface area (Å²) in [6.07, 6.45) is 3.83. The van der Waals surface area contributed by atoms with Gasteiger partial charge in [0.15, 0.2) is 0 Å². The van der Waals surface area contributed by atoms with E-state index in [4.69, 9.17) is 4.74 Å². The third kappa shape index (κ3) is 10.5. The first-order valence-corrected chi connectivity index (χ1v) is 3.96. The summed E-state index contributed by atoms with van der Waals surface area (Å²) in [7, 11) is 0. The van der Waals surface area contributed by atoms with Gasteiger partial charge in [0.25, 0.3) is 0 Å². The van der Waals surface area contributed by atoms with Crippen LogP contribution < -0.4 is 0 Å². The van der Waals surface area contributed by atoms with E-state index >= 15 is 0 Å². The van der Waals surface area contributed by atoms with E-state index in [1.807, 2.05) is 6.92 Å². The molecule has 1 radical (unpaired) electrons. The molecule has 0 fully saturated rings. The number of esters is 1. The van der Waals surface area contributed by atoms with E-state index in [9.17, 15) is 4.79 Å². The minimum Gasteiger partial charge on any atom is -0.466 e. The number of rotatable bonds is 5. The number of hydrogen-bond donors (Lipinski definition) is 0. The van der Waals surface area contributed by atoms with E-state index in [1.165, 1.54) is 0 Å². The minimum atomic E-state index is -0.0593. The van der Waals surface area contributed by atoms with Gasteiger partial charge in [-0.3, -0.25) is 4.79 Å². The largest absolute Gasteiger partial charge is 0.466 e. The van der Waals surface area contributed by atoms with Gasteiger partial charge in [0.1, 0.15) is 0 Å². The molecule has 2 nitrogen and oxygen atoms in total. The van der Waals surface area contributed by atoms with E-state index in [0.29, 0.717) is 13.0 Å². The fourth-order valence-electron chi connectivity index (χ4n) is 0.752. The number of carbonyl (C=O) groups excluding carboxylic acids is 1. The first kappa shape index (κ1) is 14.0. The molecule has 0 aliphatic carbocycles. The molecule has 0 rings (SSSR count). The van der Waals surface area contributed by atoms with Crippen LogP contribution >= 0.6 is 0 Å². The maximum Gasteiger partial charge on any atom is 0.305 e. The summed E-state index contributed by atoms with van der Waals surface area (Å²) >= 11 is 0. The molecule has 0 aromatic rings. The van der Waals surface area contributed by atoms with Crippen molar-refractivity contribution in [1.29, 1.82) is 0 Å². The van der Waals surface area contributed by atoms with Crippen molar-refractivity contribution in [2.24, 2.45) is 0 Å². The maximum atomic E-state index is 10.7. The Morgan fingerprint density at radius 3 is 2.36 bits per heavy atom. The third-order valence-corrected chi connectivity index (χ3v) is 1.29. The Morgan fingerprint density at radius 1 is 1.27 bits per heavy atom. The number of carbonyl (C=O) groups is 1. The maximum absolute atomic E-state index is 10.7. The van der Waals surface area contributed by atoms with Crippen LogP contribution in [0, 0.1) is 0 Å². The number of hydrogen-bond acceptors (Lipinski definition) is 2. The fourth-order valence-corrected chi connectivity index (χ4v) is 0.752. The molecule has 0 amide bonds. The molecule has 0 N–H and O–H groups in total. The van der Waals surface area contributed by atoms with Gasteiger partial charge in [-0.1, -0.05) is 19.8 Å². The van der Waals surface area contributed by atoms with Gasteiger partial charge in [-0.2, -0.15) is 0 Å². The summed E-state index contributed by atoms with van der Waals surface area (Å²) in [6.45, 7) is 4.45. The zero-order valence-electron chi connectivity index (χ0n) is 7.85. The van der Waals surface area contributed by atoms with Crippen LogP contribution in [0.4, 0.5) is 0 Å². The van der Waals surface area contributed by atoms with Gasteiger partial charge in [0.05, 0.1) is 6.61 Å². The summed E-state index contributed by atoms with van der Waals surface area (Å²) in [5, 5.41) is 0. The molecule has 0 spiro atoms. The predicted octanol–water partition coefficient (Wildman–Crippen LogP) is 1.75. The smallest absolute Gasteiger partial charge is 0.305 e. The van der Waals surface area contributed by atoms with Crippen LogP contribution in [0.5, 0.6) is 0 Å². The zero-order valence-corrected chi connectivity index (χ0v) is 9.85. The summed E-state index contributed by atoms with van der Waals surface area (Å²) in [6, 6.07) is 0. The average Bonchev–Trinajstić information content (AvgIpc) is 1.89. The SMILES string of the molecule is CCCCCC(=O)OCC.[Na]. The van der Waals surface area contributed by atoms with Crippen LogP contribution in [0.2, 0.25) is 0 Å². The van der Waals surface area contributed by atoms with E-state index < -0.39 is 0 Å². The summed E-state index contributed by atoms with van der Waals surface area (Å²) in [4.78, 5) is 10.7. The van der Waals surface area contributed by atoms with Crippen LogP contribution in [0.3, 0.4) is 0 Å². The van der Waals surface area contributed by atoms with Gasteiger partial charge in [0, 0.05) is 36.0 Å². The van der Waals surface area contributed by atoms with Crippen molar-refractivity contribution in [3.8, 4) is 0 Å². The monoisotopic (exact) mass is 167 g/mol. The molecule has 0 atom stereocenters. The van der Waals surface area contributed by atoms with Crippen LogP contribution in [0.25, 0.3) is 0 Å². The van der Waals surface area contributed by atoms with Crippen molar-refractivity contribution in [1.82, 2.24) is 0 Å². The van der Waals surface area contributed by atoms with Gasteiger partial charge < -0.3 is 4.74 Å². The van der Waals surface area contributed by atoms with Gasteiger partial charge in [-0.05, 0) is 13.3 Å². The Kier molecular flexibility index (Phi) is 13.3. The van der Waals surface area contributed by atoms with Crippen molar-refractivity contribution >= 4 is 35.5 Å². The molecular formula is C8H16NaO2. The molecule has 3 heteroatoms. The van der Waals surface area contributed by atoms with Crippen LogP contribution in [0.1, 0.15) is 39.5 Å². The summed E-state index contributed by atoms with van der Waals surface area (Å²) in [5.41, 5.74) is 0. The van der Waals surface area contributed by atoms with Crippen molar-refractivity contribution in [2.45, 2.75) is 39.5 Å². The summed E-state index contributed by atoms with van der Waals surface area (Å²) in [5.74, 6) is -0.0593. The number of unbranched alkanes of at least 4 members (excludes halogenated alkanes) is 2. The average molecular weight is 167 g/mol. The van der Waals surface area contributed by atoms with Crippen molar-refractivity contribution < 1.29 is 9.53 Å². The van der Waals surface area contributed by atoms with Gasteiger partial charge in [-0.15, -0.1) is 0 Å². The second-order valence-electron chi connectivity index (χ2n) is 2.26. The normalized spacial score (nSPS) is 8.55. The van der Waals surface area contributed by atoms with Crippen molar-refractivity contribution in [3.63, 3.8) is 0 Å². The topological polar surface area (TPSA) is 26.3 Å². The Labute approximate surface area is 91.0 Å². The van der Waals surface area contributed by atoms with Gasteiger partial charge in [-0.25, -0.2) is 0 Å². The van der Waals surface area contributed by atoms with E-state index in [2.05, 4.69) is 6.92 Å². The van der Waals surface area contributed by atoms with E-state index in [-0.39, 0.29) is 35.5 Å². The molecule has 0 aliphatic heterocycles. The van der Waals surface area contributed by atoms with Gasteiger partial charge in [0.2, 0.25) is 0 Å². The molecule has 11 heavy (non-hydrogen) atoms. The second-order valence-corrected chi connectivity index (χ2v) is 2.26. The van der Waals surface area contributed by atoms with E-state index in [1.54, 1.807) is 0 Å². The molecule has 61 valence electrons. The van der Waals surface area contributed by atoms with Gasteiger partial charge >= 0.3 is 5.97 Å². The van der Waals surface area contributed by atoms with Crippen LogP contribution in [-0.2, 0) is 9.53 Å². The fraction of sp³-hybridized carbons (Fsp3) is 0.875. The van der Waals surface area contributed by atoms with Crippen LogP contribution in [0.15, 0.2) is 0 Å². The quantitative estimate of drug-likeness (QED) is 0.354. The van der Waals surface area contributed by atoms with Crippen molar-refractivity contribution in [2.75, 3.05) is 6.61 Å². The standard InChI is InChI=1S/C8H16O2.Na/c1-3-5-6-7-8(9)10-4-2;/h3-7H2,1-2H3;.